The Kier molecular flexibility index (Phi) is 28.8. The van der Waals surface area contributed by atoms with Crippen molar-refractivity contribution in [3.05, 3.63) is 0 Å². The van der Waals surface area contributed by atoms with Crippen molar-refractivity contribution in [2.45, 2.75) is 96.8 Å². The molecule has 0 saturated carbocycles. The topological polar surface area (TPSA) is 37.3 Å². The third-order valence-electron chi connectivity index (χ3n) is 3.49. The molecular formula is C16H38GaInO2. The van der Waals surface area contributed by atoms with Crippen LogP contribution in [0, 0.1) is 0 Å². The van der Waals surface area contributed by atoms with Crippen LogP contribution >= 0.6 is 0 Å². The molecule has 0 spiro atoms. The number of hydrogen-bond acceptors (Lipinski definition) is 1. The monoisotopic (exact) mass is 446 g/mol. The Balaban J connectivity index is -0.00000144. The Morgan fingerprint density at radius 1 is 0.700 bits per heavy atom. The number of carboxylic acids is 1. The van der Waals surface area contributed by atoms with Crippen LogP contribution in [0.25, 0.3) is 0 Å². The minimum absolute atomic E-state index is 0. The third-order valence-corrected chi connectivity index (χ3v) is 3.49. The summed E-state index contributed by atoms with van der Waals surface area (Å²) >= 11 is 0. The van der Waals surface area contributed by atoms with E-state index in [0.717, 1.165) is 12.8 Å². The van der Waals surface area contributed by atoms with Gasteiger partial charge in [-0.25, -0.2) is 0 Å². The Labute approximate surface area is 157 Å². The van der Waals surface area contributed by atoms with Gasteiger partial charge in [0.15, 0.2) is 0 Å². The van der Waals surface area contributed by atoms with Crippen LogP contribution in [0.15, 0.2) is 0 Å². The number of hydrogen-bond donors (Lipinski definition) is 1. The summed E-state index contributed by atoms with van der Waals surface area (Å²) in [5.74, 6) is -0.655. The van der Waals surface area contributed by atoms with Gasteiger partial charge in [-0.1, -0.05) is 84.0 Å². The van der Waals surface area contributed by atoms with Gasteiger partial charge in [0.1, 0.15) is 0 Å². The van der Waals surface area contributed by atoms with Gasteiger partial charge in [0.25, 0.3) is 0 Å². The van der Waals surface area contributed by atoms with Crippen molar-refractivity contribution in [1.29, 1.82) is 0 Å². The molecular weight excluding hydrogens is 409 g/mol. The Hall–Kier alpha value is 0.976. The first-order valence-electron chi connectivity index (χ1n) is 7.99. The number of unbranched alkanes of at least 4 members (excludes halogenated alkanes) is 12. The fourth-order valence-electron chi connectivity index (χ4n) is 2.29. The molecule has 0 aliphatic carbocycles. The molecule has 0 aliphatic rings. The molecule has 0 fully saturated rings. The van der Waals surface area contributed by atoms with Crippen LogP contribution in [-0.4, -0.2) is 56.7 Å². The molecule has 0 heterocycles. The second-order valence-electron chi connectivity index (χ2n) is 5.39. The molecule has 0 saturated heterocycles. The van der Waals surface area contributed by atoms with Crippen molar-refractivity contribution >= 4 is 51.6 Å². The molecule has 0 atom stereocenters. The predicted octanol–water partition coefficient (Wildman–Crippen LogP) is 3.18. The van der Waals surface area contributed by atoms with Gasteiger partial charge in [-0.05, 0) is 6.42 Å². The summed E-state index contributed by atoms with van der Waals surface area (Å²) in [6.07, 6.45) is 17.3. The van der Waals surface area contributed by atoms with E-state index in [1.54, 1.807) is 0 Å². The van der Waals surface area contributed by atoms with E-state index in [1.165, 1.54) is 70.6 Å². The second kappa shape index (κ2) is 22.3. The molecule has 1 N–H and O–H groups in total. The molecule has 0 unspecified atom stereocenters. The first-order chi connectivity index (χ1) is 8.77. The fourth-order valence-corrected chi connectivity index (χ4v) is 2.29. The molecule has 0 radical (unpaired) electrons. The van der Waals surface area contributed by atoms with Gasteiger partial charge in [0, 0.05) is 6.42 Å². The summed E-state index contributed by atoms with van der Waals surface area (Å²) in [5.41, 5.74) is 0. The maximum atomic E-state index is 10.3. The molecule has 0 amide bonds. The Morgan fingerprint density at radius 3 is 1.30 bits per heavy atom. The summed E-state index contributed by atoms with van der Waals surface area (Å²) in [6, 6.07) is 0. The second-order valence-corrected chi connectivity index (χ2v) is 5.39. The molecule has 0 aromatic rings. The molecule has 0 aromatic heterocycles. The van der Waals surface area contributed by atoms with E-state index in [1.807, 2.05) is 0 Å². The normalized spacial score (nSPS) is 9.65. The van der Waals surface area contributed by atoms with Crippen LogP contribution in [0.3, 0.4) is 0 Å². The van der Waals surface area contributed by atoms with E-state index < -0.39 is 5.97 Å². The summed E-state index contributed by atoms with van der Waals surface area (Å²) in [7, 11) is 0. The zero-order chi connectivity index (χ0) is 13.5. The standard InChI is InChI=1S/C16H32O2.Ga.In.6H/c1-2-3-4-5-6-7-8-9-10-11-12-13-14-15-16(17)18;;;;;;;;/h2-15H2,1H3,(H,17,18);;;;;;;;. The molecule has 0 rings (SSSR count). The Bertz CT molecular complexity index is 189. The molecule has 0 aromatic carbocycles. The van der Waals surface area contributed by atoms with Crippen molar-refractivity contribution in [1.82, 2.24) is 0 Å². The molecule has 0 bridgehead atoms. The molecule has 4 heteroatoms. The van der Waals surface area contributed by atoms with Crippen LogP contribution in [0.1, 0.15) is 96.8 Å². The molecule has 0 aliphatic heterocycles. The number of carbonyl (C=O) groups is 1. The van der Waals surface area contributed by atoms with Gasteiger partial charge < -0.3 is 5.11 Å². The summed E-state index contributed by atoms with van der Waals surface area (Å²) in [6.45, 7) is 2.26. The van der Waals surface area contributed by atoms with Crippen molar-refractivity contribution in [3.8, 4) is 0 Å². The van der Waals surface area contributed by atoms with Crippen LogP contribution in [0.5, 0.6) is 0 Å². The van der Waals surface area contributed by atoms with Crippen molar-refractivity contribution in [3.63, 3.8) is 0 Å². The van der Waals surface area contributed by atoms with E-state index >= 15 is 0 Å². The number of carboxylic acid groups (broad SMARTS) is 1. The van der Waals surface area contributed by atoms with Gasteiger partial charge in [-0.15, -0.1) is 0 Å². The van der Waals surface area contributed by atoms with E-state index in [9.17, 15) is 4.79 Å². The van der Waals surface area contributed by atoms with Crippen molar-refractivity contribution in [2.24, 2.45) is 0 Å². The average molecular weight is 447 g/mol. The van der Waals surface area contributed by atoms with Crippen molar-refractivity contribution in [2.75, 3.05) is 0 Å². The van der Waals surface area contributed by atoms with E-state index in [4.69, 9.17) is 5.11 Å². The zero-order valence-corrected chi connectivity index (χ0v) is 12.3. The van der Waals surface area contributed by atoms with Gasteiger partial charge in [0.05, 0.1) is 0 Å². The van der Waals surface area contributed by atoms with E-state index in [-0.39, 0.29) is 45.6 Å². The molecule has 120 valence electrons. The first-order valence-corrected chi connectivity index (χ1v) is 7.99. The van der Waals surface area contributed by atoms with Gasteiger partial charge in [-0.3, -0.25) is 4.79 Å². The number of aliphatic carboxylic acids is 1. The minimum atomic E-state index is -0.655. The average Bonchev–Trinajstić information content (AvgIpc) is 2.34. The van der Waals surface area contributed by atoms with Crippen LogP contribution in [0.4, 0.5) is 0 Å². The third kappa shape index (κ3) is 24.0. The van der Waals surface area contributed by atoms with E-state index in [2.05, 4.69) is 6.92 Å². The Morgan fingerprint density at radius 2 is 1.00 bits per heavy atom. The fraction of sp³-hybridized carbons (Fsp3) is 0.938. The SMILES string of the molecule is CCCCCCCCCCCCCCCC(=O)O.[GaH3].[InH3]. The van der Waals surface area contributed by atoms with E-state index in [0.29, 0.717) is 6.42 Å². The summed E-state index contributed by atoms with van der Waals surface area (Å²) < 4.78 is 0. The van der Waals surface area contributed by atoms with Gasteiger partial charge >= 0.3 is 51.6 Å². The number of rotatable bonds is 14. The summed E-state index contributed by atoms with van der Waals surface area (Å²) in [5, 5.41) is 8.49. The zero-order valence-electron chi connectivity index (χ0n) is 12.3. The summed E-state index contributed by atoms with van der Waals surface area (Å²) in [4.78, 5) is 10.3. The van der Waals surface area contributed by atoms with Gasteiger partial charge in [-0.2, -0.15) is 0 Å². The van der Waals surface area contributed by atoms with Crippen molar-refractivity contribution < 1.29 is 9.90 Å². The van der Waals surface area contributed by atoms with Crippen LogP contribution in [0.2, 0.25) is 0 Å². The van der Waals surface area contributed by atoms with Crippen LogP contribution < -0.4 is 0 Å². The first kappa shape index (κ1) is 25.9. The molecule has 20 heavy (non-hydrogen) atoms. The molecule has 2 nitrogen and oxygen atoms in total. The maximum absolute atomic E-state index is 10.3. The quantitative estimate of drug-likeness (QED) is 0.328. The predicted molar refractivity (Wildman–Crippen MR) is 97.8 cm³/mol. The van der Waals surface area contributed by atoms with Gasteiger partial charge in [0.2, 0.25) is 0 Å². The van der Waals surface area contributed by atoms with Crippen LogP contribution in [-0.2, 0) is 4.79 Å².